The van der Waals surface area contributed by atoms with Gasteiger partial charge in [0.25, 0.3) is 0 Å². The van der Waals surface area contributed by atoms with Crippen molar-refractivity contribution in [2.75, 3.05) is 0 Å². The predicted molar refractivity (Wildman–Crippen MR) is 98.3 cm³/mol. The van der Waals surface area contributed by atoms with Gasteiger partial charge in [0.2, 0.25) is 0 Å². The number of aryl methyl sites for hydroxylation is 2. The maximum Gasteiger partial charge on any atom is 0.0842 e. The van der Waals surface area contributed by atoms with Gasteiger partial charge in [-0.3, -0.25) is 0 Å². The molecular weight excluding hydrogens is 310 g/mol. The van der Waals surface area contributed by atoms with Crippen LogP contribution >= 0.6 is 0 Å². The van der Waals surface area contributed by atoms with Crippen molar-refractivity contribution in [3.05, 3.63) is 93.0 Å². The van der Waals surface area contributed by atoms with Gasteiger partial charge in [-0.1, -0.05) is 59.7 Å². The summed E-state index contributed by atoms with van der Waals surface area (Å²) < 4.78 is 6.48. The molecule has 4 rings (SSSR count). The van der Waals surface area contributed by atoms with Gasteiger partial charge in [0.1, 0.15) is 0 Å². The zero-order chi connectivity index (χ0) is 17.6. The SMILES string of the molecule is C=C(N=[N+]=[N-])C12CC(c3ccc(C)cc3)OC1Cc1c(C)cccc12. The molecule has 0 saturated carbocycles. The van der Waals surface area contributed by atoms with Gasteiger partial charge in [0.15, 0.2) is 0 Å². The van der Waals surface area contributed by atoms with Crippen molar-refractivity contribution in [1.82, 2.24) is 0 Å². The zero-order valence-electron chi connectivity index (χ0n) is 14.6. The Hall–Kier alpha value is -2.55. The minimum atomic E-state index is -0.427. The fraction of sp³-hybridized carbons (Fsp3) is 0.333. The molecule has 0 aromatic heterocycles. The molecule has 2 aliphatic rings. The van der Waals surface area contributed by atoms with Crippen LogP contribution in [-0.4, -0.2) is 6.10 Å². The van der Waals surface area contributed by atoms with Gasteiger partial charge < -0.3 is 4.74 Å². The Morgan fingerprint density at radius 3 is 2.72 bits per heavy atom. The van der Waals surface area contributed by atoms with Crippen LogP contribution < -0.4 is 0 Å². The van der Waals surface area contributed by atoms with E-state index in [1.165, 1.54) is 27.8 Å². The fourth-order valence-electron chi connectivity index (χ4n) is 4.45. The van der Waals surface area contributed by atoms with Crippen molar-refractivity contribution >= 4 is 0 Å². The Morgan fingerprint density at radius 1 is 1.24 bits per heavy atom. The van der Waals surface area contributed by atoms with Gasteiger partial charge in [-0.2, -0.15) is 0 Å². The highest BCUT2D eigenvalue weighted by Crippen LogP contribution is 2.57. The van der Waals surface area contributed by atoms with Crippen LogP contribution in [0.25, 0.3) is 10.4 Å². The van der Waals surface area contributed by atoms with Gasteiger partial charge in [-0.15, -0.1) is 0 Å². The smallest absolute Gasteiger partial charge is 0.0842 e. The highest BCUT2D eigenvalue weighted by molar-refractivity contribution is 5.52. The molecule has 0 N–H and O–H groups in total. The Kier molecular flexibility index (Phi) is 3.68. The van der Waals surface area contributed by atoms with Crippen molar-refractivity contribution in [3.8, 4) is 0 Å². The van der Waals surface area contributed by atoms with Gasteiger partial charge in [0, 0.05) is 17.0 Å². The summed E-state index contributed by atoms with van der Waals surface area (Å²) in [7, 11) is 0. The third-order valence-electron chi connectivity index (χ3n) is 5.80. The van der Waals surface area contributed by atoms with Crippen LogP contribution in [0, 0.1) is 13.8 Å². The van der Waals surface area contributed by atoms with Gasteiger partial charge in [-0.25, -0.2) is 0 Å². The summed E-state index contributed by atoms with van der Waals surface area (Å²) in [5.41, 5.74) is 15.3. The molecule has 2 aromatic carbocycles. The Bertz CT molecular complexity index is 896. The third kappa shape index (κ3) is 2.30. The van der Waals surface area contributed by atoms with E-state index in [0.29, 0.717) is 5.70 Å². The number of azide groups is 1. The topological polar surface area (TPSA) is 58.0 Å². The zero-order valence-corrected chi connectivity index (χ0v) is 14.6. The summed E-state index contributed by atoms with van der Waals surface area (Å²) in [6.45, 7) is 8.34. The first kappa shape index (κ1) is 15.9. The molecule has 1 aliphatic heterocycles. The second-order valence-electron chi connectivity index (χ2n) is 7.14. The highest BCUT2D eigenvalue weighted by atomic mass is 16.5. The van der Waals surface area contributed by atoms with Crippen LogP contribution in [0.4, 0.5) is 0 Å². The molecule has 1 heterocycles. The average molecular weight is 331 g/mol. The van der Waals surface area contributed by atoms with E-state index in [2.05, 4.69) is 72.9 Å². The highest BCUT2D eigenvalue weighted by Gasteiger charge is 2.56. The third-order valence-corrected chi connectivity index (χ3v) is 5.80. The lowest BCUT2D eigenvalue weighted by Gasteiger charge is -2.29. The van der Waals surface area contributed by atoms with Crippen molar-refractivity contribution in [2.24, 2.45) is 5.11 Å². The minimum Gasteiger partial charge on any atom is -0.369 e. The lowest BCUT2D eigenvalue weighted by atomic mass is 9.74. The molecule has 0 radical (unpaired) electrons. The predicted octanol–water partition coefficient (Wildman–Crippen LogP) is 5.45. The van der Waals surface area contributed by atoms with E-state index in [-0.39, 0.29) is 12.2 Å². The normalized spacial score (nSPS) is 26.6. The van der Waals surface area contributed by atoms with Crippen LogP contribution in [0.1, 0.15) is 40.3 Å². The van der Waals surface area contributed by atoms with Crippen molar-refractivity contribution in [2.45, 2.75) is 44.3 Å². The summed E-state index contributed by atoms with van der Waals surface area (Å²) in [5.74, 6) is 0. The van der Waals surface area contributed by atoms with Crippen molar-refractivity contribution in [3.63, 3.8) is 0 Å². The average Bonchev–Trinajstić information content (AvgIpc) is 3.11. The van der Waals surface area contributed by atoms with E-state index in [1.54, 1.807) is 0 Å². The molecule has 3 unspecified atom stereocenters. The molecule has 3 atom stereocenters. The van der Waals surface area contributed by atoms with E-state index in [0.717, 1.165) is 12.8 Å². The first-order valence-corrected chi connectivity index (χ1v) is 8.61. The number of nitrogens with zero attached hydrogens (tertiary/aromatic N) is 3. The molecule has 0 bridgehead atoms. The molecular formula is C21H21N3O. The van der Waals surface area contributed by atoms with Crippen LogP contribution in [0.3, 0.4) is 0 Å². The summed E-state index contributed by atoms with van der Waals surface area (Å²) in [5, 5.41) is 3.92. The molecule has 0 amide bonds. The number of ether oxygens (including phenoxy) is 1. The fourth-order valence-corrected chi connectivity index (χ4v) is 4.45. The second-order valence-corrected chi connectivity index (χ2v) is 7.14. The molecule has 1 fully saturated rings. The molecule has 2 aromatic rings. The maximum atomic E-state index is 8.99. The number of rotatable bonds is 3. The molecule has 0 spiro atoms. The molecule has 25 heavy (non-hydrogen) atoms. The maximum absolute atomic E-state index is 8.99. The van der Waals surface area contributed by atoms with Crippen LogP contribution in [0.2, 0.25) is 0 Å². The summed E-state index contributed by atoms with van der Waals surface area (Å²) >= 11 is 0. The molecule has 1 aliphatic carbocycles. The Morgan fingerprint density at radius 2 is 2.00 bits per heavy atom. The molecule has 126 valence electrons. The number of benzene rings is 2. The largest absolute Gasteiger partial charge is 0.369 e. The lowest BCUT2D eigenvalue weighted by Crippen LogP contribution is -2.32. The van der Waals surface area contributed by atoms with Crippen LogP contribution in [0.5, 0.6) is 0 Å². The van der Waals surface area contributed by atoms with E-state index >= 15 is 0 Å². The number of fused-ring (bicyclic) bond motifs is 3. The van der Waals surface area contributed by atoms with Crippen molar-refractivity contribution < 1.29 is 4.74 Å². The van der Waals surface area contributed by atoms with E-state index in [1.807, 2.05) is 0 Å². The lowest BCUT2D eigenvalue weighted by molar-refractivity contribution is 0.0379. The monoisotopic (exact) mass is 331 g/mol. The molecule has 4 heteroatoms. The number of hydrogen-bond acceptors (Lipinski definition) is 2. The summed E-state index contributed by atoms with van der Waals surface area (Å²) in [4.78, 5) is 3.01. The van der Waals surface area contributed by atoms with Crippen molar-refractivity contribution in [1.29, 1.82) is 0 Å². The first-order valence-electron chi connectivity index (χ1n) is 8.61. The van der Waals surface area contributed by atoms with Crippen LogP contribution in [-0.2, 0) is 16.6 Å². The van der Waals surface area contributed by atoms with Gasteiger partial charge in [-0.05, 0) is 48.1 Å². The van der Waals surface area contributed by atoms with E-state index in [4.69, 9.17) is 10.3 Å². The van der Waals surface area contributed by atoms with Gasteiger partial charge in [0.05, 0.1) is 17.6 Å². The molecule has 1 saturated heterocycles. The first-order chi connectivity index (χ1) is 12.1. The van der Waals surface area contributed by atoms with E-state index in [9.17, 15) is 0 Å². The molecule has 4 nitrogen and oxygen atoms in total. The summed E-state index contributed by atoms with van der Waals surface area (Å²) in [6.07, 6.45) is 1.55. The quantitative estimate of drug-likeness (QED) is 0.419. The minimum absolute atomic E-state index is 0.00935. The second kappa shape index (κ2) is 5.76. The Labute approximate surface area is 147 Å². The summed E-state index contributed by atoms with van der Waals surface area (Å²) in [6, 6.07) is 14.8. The number of hydrogen-bond donors (Lipinski definition) is 0. The Balaban J connectivity index is 1.81. The van der Waals surface area contributed by atoms with Crippen LogP contribution in [0.15, 0.2) is 59.9 Å². The standard InChI is InChI=1S/C21H21N3O/c1-13-7-9-16(10-8-13)19-12-21(15(3)23-24-22)18-6-4-5-14(2)17(18)11-20(21)25-19/h4-10,19-20H,3,11-12H2,1-2H3. The van der Waals surface area contributed by atoms with Gasteiger partial charge >= 0.3 is 0 Å². The van der Waals surface area contributed by atoms with E-state index < -0.39 is 5.41 Å².